The van der Waals surface area contributed by atoms with Gasteiger partial charge in [0.2, 0.25) is 0 Å². The number of nitrogens with zero attached hydrogens (tertiary/aromatic N) is 2. The summed E-state index contributed by atoms with van der Waals surface area (Å²) < 4.78 is 46.2. The second kappa shape index (κ2) is 14.0. The van der Waals surface area contributed by atoms with Crippen molar-refractivity contribution < 1.29 is 32.6 Å². The topological polar surface area (TPSA) is 78.0 Å². The lowest BCUT2D eigenvalue weighted by Crippen LogP contribution is -2.31. The SMILES string of the molecule is COc1cc2c(Oc3ccc(CC(=O)C4(C(=O)Cc5ccc(F)cc5)CC4)cc3F)ccnc2cc1OCCCN1CCCCC1. The number of fused-ring (bicyclic) bond motifs is 1. The minimum absolute atomic E-state index is 0.00535. The molecule has 1 aliphatic heterocycles. The molecule has 1 saturated heterocycles. The minimum atomic E-state index is -1.05. The van der Waals surface area contributed by atoms with E-state index < -0.39 is 11.2 Å². The Morgan fingerprint density at radius 3 is 2.24 bits per heavy atom. The summed E-state index contributed by atoms with van der Waals surface area (Å²) in [5, 5.41) is 0.633. The molecule has 46 heavy (non-hydrogen) atoms. The van der Waals surface area contributed by atoms with Crippen LogP contribution < -0.4 is 14.2 Å². The summed E-state index contributed by atoms with van der Waals surface area (Å²) in [5.41, 5.74) is 0.683. The van der Waals surface area contributed by atoms with Gasteiger partial charge in [0.05, 0.1) is 24.6 Å². The Balaban J connectivity index is 1.10. The van der Waals surface area contributed by atoms with Gasteiger partial charge >= 0.3 is 0 Å². The van der Waals surface area contributed by atoms with Gasteiger partial charge < -0.3 is 19.1 Å². The molecule has 1 saturated carbocycles. The van der Waals surface area contributed by atoms with Crippen LogP contribution in [0.25, 0.3) is 10.9 Å². The van der Waals surface area contributed by atoms with Crippen molar-refractivity contribution in [2.45, 2.75) is 51.4 Å². The van der Waals surface area contributed by atoms with Crippen molar-refractivity contribution in [2.24, 2.45) is 5.41 Å². The number of ether oxygens (including phenoxy) is 3. The molecule has 1 aromatic heterocycles. The lowest BCUT2D eigenvalue weighted by Gasteiger charge is -2.26. The van der Waals surface area contributed by atoms with Crippen LogP contribution in [0, 0.1) is 17.0 Å². The quantitative estimate of drug-likeness (QED) is 0.107. The zero-order valence-corrected chi connectivity index (χ0v) is 26.0. The molecule has 0 unspecified atom stereocenters. The van der Waals surface area contributed by atoms with Crippen LogP contribution in [0.2, 0.25) is 0 Å². The highest BCUT2D eigenvalue weighted by molar-refractivity contribution is 6.11. The third kappa shape index (κ3) is 7.20. The van der Waals surface area contributed by atoms with Gasteiger partial charge in [-0.25, -0.2) is 8.78 Å². The van der Waals surface area contributed by atoms with Gasteiger partial charge in [-0.1, -0.05) is 24.6 Å². The van der Waals surface area contributed by atoms with Gasteiger partial charge in [0.1, 0.15) is 11.6 Å². The van der Waals surface area contributed by atoms with Crippen molar-refractivity contribution >= 4 is 22.5 Å². The molecule has 2 fully saturated rings. The van der Waals surface area contributed by atoms with Gasteiger partial charge in [-0.05, 0) is 92.7 Å². The Hall–Kier alpha value is -4.37. The van der Waals surface area contributed by atoms with Gasteiger partial charge in [0.25, 0.3) is 0 Å². The molecule has 6 rings (SSSR count). The normalized spacial score (nSPS) is 15.8. The summed E-state index contributed by atoms with van der Waals surface area (Å²) in [6, 6.07) is 15.3. The van der Waals surface area contributed by atoms with Crippen LogP contribution in [0.3, 0.4) is 0 Å². The Morgan fingerprint density at radius 2 is 1.54 bits per heavy atom. The molecule has 4 aromatic rings. The summed E-state index contributed by atoms with van der Waals surface area (Å²) in [4.78, 5) is 33.1. The van der Waals surface area contributed by atoms with E-state index in [0.29, 0.717) is 58.7 Å². The van der Waals surface area contributed by atoms with E-state index in [2.05, 4.69) is 9.88 Å². The first-order valence-corrected chi connectivity index (χ1v) is 15.9. The number of hydrogen-bond donors (Lipinski definition) is 0. The molecule has 240 valence electrons. The summed E-state index contributed by atoms with van der Waals surface area (Å²) in [7, 11) is 1.57. The first-order chi connectivity index (χ1) is 22.3. The first kappa shape index (κ1) is 31.6. The van der Waals surface area contributed by atoms with Gasteiger partial charge in [0.15, 0.2) is 34.6 Å². The number of methoxy groups -OCH3 is 1. The summed E-state index contributed by atoms with van der Waals surface area (Å²) in [6.07, 6.45) is 7.26. The fourth-order valence-electron chi connectivity index (χ4n) is 6.15. The molecule has 0 bridgehead atoms. The van der Waals surface area contributed by atoms with E-state index in [1.54, 1.807) is 49.7 Å². The molecule has 2 heterocycles. The van der Waals surface area contributed by atoms with E-state index in [1.807, 2.05) is 0 Å². The maximum absolute atomic E-state index is 15.3. The predicted octanol–water partition coefficient (Wildman–Crippen LogP) is 7.27. The Bertz CT molecular complexity index is 1720. The molecule has 2 aliphatic rings. The van der Waals surface area contributed by atoms with E-state index >= 15 is 4.39 Å². The summed E-state index contributed by atoms with van der Waals surface area (Å²) in [5.74, 6) is 0.0786. The lowest BCUT2D eigenvalue weighted by molar-refractivity contribution is -0.133. The third-order valence-electron chi connectivity index (χ3n) is 8.99. The summed E-state index contributed by atoms with van der Waals surface area (Å²) in [6.45, 7) is 3.85. The van der Waals surface area contributed by atoms with Crippen molar-refractivity contribution in [2.75, 3.05) is 33.4 Å². The predicted molar refractivity (Wildman–Crippen MR) is 171 cm³/mol. The van der Waals surface area contributed by atoms with Crippen molar-refractivity contribution in [3.63, 3.8) is 0 Å². The number of Topliss-reactive ketones (excluding diaryl/α,β-unsaturated/α-hetero) is 2. The van der Waals surface area contributed by atoms with Crippen molar-refractivity contribution in [3.8, 4) is 23.0 Å². The molecule has 0 N–H and O–H groups in total. The molecule has 0 atom stereocenters. The van der Waals surface area contributed by atoms with E-state index in [0.717, 1.165) is 26.1 Å². The molecule has 0 radical (unpaired) electrons. The van der Waals surface area contributed by atoms with Crippen LogP contribution in [0.4, 0.5) is 8.78 Å². The zero-order chi connectivity index (χ0) is 32.1. The smallest absolute Gasteiger partial charge is 0.166 e. The van der Waals surface area contributed by atoms with Crippen molar-refractivity contribution in [1.82, 2.24) is 9.88 Å². The lowest BCUT2D eigenvalue weighted by atomic mass is 9.88. The number of likely N-dealkylation sites (tertiary alicyclic amines) is 1. The average Bonchev–Trinajstić information content (AvgIpc) is 3.88. The molecule has 0 spiro atoms. The second-order valence-electron chi connectivity index (χ2n) is 12.2. The molecule has 0 amide bonds. The fourth-order valence-corrected chi connectivity index (χ4v) is 6.15. The zero-order valence-electron chi connectivity index (χ0n) is 26.0. The van der Waals surface area contributed by atoms with E-state index in [9.17, 15) is 14.0 Å². The molecule has 7 nitrogen and oxygen atoms in total. The van der Waals surface area contributed by atoms with Gasteiger partial charge in [-0.2, -0.15) is 0 Å². The second-order valence-corrected chi connectivity index (χ2v) is 12.2. The van der Waals surface area contributed by atoms with E-state index in [-0.39, 0.29) is 36.0 Å². The Labute approximate surface area is 267 Å². The van der Waals surface area contributed by atoms with Gasteiger partial charge in [-0.15, -0.1) is 0 Å². The molecule has 3 aromatic carbocycles. The molecular weight excluding hydrogens is 590 g/mol. The Morgan fingerprint density at radius 1 is 0.826 bits per heavy atom. The molecular formula is C37H38F2N2O5. The fraction of sp³-hybridized carbons (Fsp3) is 0.378. The largest absolute Gasteiger partial charge is 0.493 e. The number of ketones is 2. The first-order valence-electron chi connectivity index (χ1n) is 15.9. The van der Waals surface area contributed by atoms with Crippen molar-refractivity contribution in [1.29, 1.82) is 0 Å². The highest BCUT2D eigenvalue weighted by Gasteiger charge is 2.54. The third-order valence-corrected chi connectivity index (χ3v) is 8.99. The number of carbonyl (C=O) groups is 2. The number of rotatable bonds is 14. The number of aromatic nitrogens is 1. The highest BCUT2D eigenvalue weighted by atomic mass is 19.1. The van der Waals surface area contributed by atoms with Crippen LogP contribution in [0.15, 0.2) is 66.9 Å². The van der Waals surface area contributed by atoms with Crippen LogP contribution in [0.1, 0.15) is 49.7 Å². The summed E-state index contributed by atoms with van der Waals surface area (Å²) >= 11 is 0. The number of carbonyl (C=O) groups excluding carboxylic acids is 2. The standard InChI is InChI=1S/C37H38F2N2O5/c1-44-33-23-28-30(24-34(33)45-19-5-18-41-16-3-2-4-17-41)40-15-12-31(28)46-32-11-8-26(20-29(32)39)22-36(43)37(13-14-37)35(42)21-25-6-9-27(38)10-7-25/h6-12,15,20,23-24H,2-5,13-14,16-19,21-22H2,1H3. The van der Waals surface area contributed by atoms with Crippen LogP contribution in [-0.2, 0) is 22.4 Å². The van der Waals surface area contributed by atoms with Crippen LogP contribution in [0.5, 0.6) is 23.0 Å². The van der Waals surface area contributed by atoms with Gasteiger partial charge in [-0.3, -0.25) is 14.6 Å². The maximum atomic E-state index is 15.3. The average molecular weight is 629 g/mol. The minimum Gasteiger partial charge on any atom is -0.493 e. The number of halogens is 2. The van der Waals surface area contributed by atoms with Crippen LogP contribution in [-0.4, -0.2) is 54.8 Å². The van der Waals surface area contributed by atoms with Crippen LogP contribution >= 0.6 is 0 Å². The number of piperidine rings is 1. The Kier molecular flexibility index (Phi) is 9.59. The number of benzene rings is 3. The molecule has 1 aliphatic carbocycles. The van der Waals surface area contributed by atoms with Gasteiger partial charge in [0, 0.05) is 37.0 Å². The van der Waals surface area contributed by atoms with Crippen molar-refractivity contribution in [3.05, 3.63) is 89.6 Å². The number of pyridine rings is 1. The van der Waals surface area contributed by atoms with E-state index in [4.69, 9.17) is 14.2 Å². The van der Waals surface area contributed by atoms with E-state index in [1.165, 1.54) is 43.5 Å². The molecule has 9 heteroatoms. The number of hydrogen-bond acceptors (Lipinski definition) is 7. The maximum Gasteiger partial charge on any atom is 0.166 e. The monoisotopic (exact) mass is 628 g/mol. The highest BCUT2D eigenvalue weighted by Crippen LogP contribution is 2.49.